The molecular formula is C15H23ClN2O2. The second kappa shape index (κ2) is 8.25. The second-order valence-corrected chi connectivity index (χ2v) is 4.97. The third kappa shape index (κ3) is 4.20. The van der Waals surface area contributed by atoms with Gasteiger partial charge >= 0.3 is 0 Å². The van der Waals surface area contributed by atoms with Gasteiger partial charge in [-0.15, -0.1) is 12.4 Å². The summed E-state index contributed by atoms with van der Waals surface area (Å²) in [5, 5.41) is 0. The molecule has 2 N–H and O–H groups in total. The number of carbonyl (C=O) groups excluding carboxylic acids is 1. The van der Waals surface area contributed by atoms with Crippen LogP contribution < -0.4 is 5.73 Å². The Morgan fingerprint density at radius 3 is 2.70 bits per heavy atom. The Bertz CT molecular complexity index is 422. The minimum absolute atomic E-state index is 0. The molecule has 0 bridgehead atoms. The summed E-state index contributed by atoms with van der Waals surface area (Å²) in [7, 11) is 0. The molecule has 1 aromatic carbocycles. The number of hydrogen-bond acceptors (Lipinski definition) is 3. The highest BCUT2D eigenvalue weighted by molar-refractivity contribution is 5.94. The summed E-state index contributed by atoms with van der Waals surface area (Å²) in [4.78, 5) is 14.2. The molecule has 20 heavy (non-hydrogen) atoms. The second-order valence-electron chi connectivity index (χ2n) is 4.97. The summed E-state index contributed by atoms with van der Waals surface area (Å²) in [5.41, 5.74) is 7.35. The number of amides is 1. The lowest BCUT2D eigenvalue weighted by Crippen LogP contribution is -2.29. The topological polar surface area (TPSA) is 55.6 Å². The number of nitrogens with two attached hydrogens (primary N) is 1. The van der Waals surface area contributed by atoms with Crippen LogP contribution in [0.1, 0.15) is 29.3 Å². The highest BCUT2D eigenvalue weighted by Crippen LogP contribution is 2.19. The van der Waals surface area contributed by atoms with Gasteiger partial charge in [-0.25, -0.2) is 0 Å². The number of benzene rings is 1. The van der Waals surface area contributed by atoms with E-state index in [0.29, 0.717) is 12.5 Å². The van der Waals surface area contributed by atoms with Crippen molar-refractivity contribution in [2.24, 2.45) is 11.7 Å². The highest BCUT2D eigenvalue weighted by Gasteiger charge is 2.26. The Morgan fingerprint density at radius 2 is 2.10 bits per heavy atom. The SMILES string of the molecule is CCOCC1CCN(C(=O)c2ccc(CN)cc2)C1.Cl. The zero-order chi connectivity index (χ0) is 13.7. The van der Waals surface area contributed by atoms with Crippen LogP contribution in [0.5, 0.6) is 0 Å². The van der Waals surface area contributed by atoms with Crippen LogP contribution in [0.15, 0.2) is 24.3 Å². The Hall–Kier alpha value is -1.10. The molecule has 1 unspecified atom stereocenters. The van der Waals surface area contributed by atoms with Gasteiger partial charge in [0, 0.05) is 37.7 Å². The maximum atomic E-state index is 12.3. The Morgan fingerprint density at radius 1 is 1.40 bits per heavy atom. The van der Waals surface area contributed by atoms with Crippen LogP contribution in [-0.2, 0) is 11.3 Å². The zero-order valence-corrected chi connectivity index (χ0v) is 12.7. The lowest BCUT2D eigenvalue weighted by molar-refractivity contribution is 0.0763. The van der Waals surface area contributed by atoms with Gasteiger partial charge in [0.15, 0.2) is 0 Å². The summed E-state index contributed by atoms with van der Waals surface area (Å²) in [6.45, 7) is 5.63. The first-order valence-electron chi connectivity index (χ1n) is 6.90. The van der Waals surface area contributed by atoms with Crippen molar-refractivity contribution < 1.29 is 9.53 Å². The molecule has 1 fully saturated rings. The molecule has 1 amide bonds. The van der Waals surface area contributed by atoms with Gasteiger partial charge in [0.25, 0.3) is 5.91 Å². The number of likely N-dealkylation sites (tertiary alicyclic amines) is 1. The predicted molar refractivity (Wildman–Crippen MR) is 82.1 cm³/mol. The summed E-state index contributed by atoms with van der Waals surface area (Å²) >= 11 is 0. The number of rotatable bonds is 5. The maximum Gasteiger partial charge on any atom is 0.253 e. The normalized spacial score (nSPS) is 17.9. The van der Waals surface area contributed by atoms with Crippen LogP contribution in [0.4, 0.5) is 0 Å². The third-order valence-electron chi connectivity index (χ3n) is 3.57. The quantitative estimate of drug-likeness (QED) is 0.905. The minimum Gasteiger partial charge on any atom is -0.381 e. The fraction of sp³-hybridized carbons (Fsp3) is 0.533. The molecule has 1 aromatic rings. The van der Waals surface area contributed by atoms with Crippen LogP contribution in [0.3, 0.4) is 0 Å². The lowest BCUT2D eigenvalue weighted by Gasteiger charge is -2.16. The lowest BCUT2D eigenvalue weighted by atomic mass is 10.1. The molecule has 0 saturated carbocycles. The van der Waals surface area contributed by atoms with Gasteiger partial charge in [0.2, 0.25) is 0 Å². The van der Waals surface area contributed by atoms with E-state index in [4.69, 9.17) is 10.5 Å². The van der Waals surface area contributed by atoms with Crippen molar-refractivity contribution in [2.45, 2.75) is 19.9 Å². The van der Waals surface area contributed by atoms with E-state index in [1.54, 1.807) is 0 Å². The van der Waals surface area contributed by atoms with Crippen molar-refractivity contribution in [3.8, 4) is 0 Å². The molecular weight excluding hydrogens is 276 g/mol. The van der Waals surface area contributed by atoms with E-state index in [1.807, 2.05) is 36.1 Å². The number of hydrogen-bond donors (Lipinski definition) is 1. The summed E-state index contributed by atoms with van der Waals surface area (Å²) in [6, 6.07) is 7.56. The summed E-state index contributed by atoms with van der Waals surface area (Å²) < 4.78 is 5.43. The van der Waals surface area contributed by atoms with Crippen LogP contribution in [-0.4, -0.2) is 37.1 Å². The highest BCUT2D eigenvalue weighted by atomic mass is 35.5. The van der Waals surface area contributed by atoms with Crippen LogP contribution in [0.25, 0.3) is 0 Å². The summed E-state index contributed by atoms with van der Waals surface area (Å²) in [6.07, 6.45) is 1.03. The molecule has 4 nitrogen and oxygen atoms in total. The Labute approximate surface area is 126 Å². The standard InChI is InChI=1S/C15H22N2O2.ClH/c1-2-19-11-13-7-8-17(10-13)15(18)14-5-3-12(9-16)4-6-14;/h3-6,13H,2,7-11,16H2,1H3;1H. The van der Waals surface area contributed by atoms with Gasteiger partial charge in [-0.3, -0.25) is 4.79 Å². The number of nitrogens with zero attached hydrogens (tertiary/aromatic N) is 1. The van der Waals surface area contributed by atoms with E-state index < -0.39 is 0 Å². The van der Waals surface area contributed by atoms with Gasteiger partial charge in [-0.2, -0.15) is 0 Å². The maximum absolute atomic E-state index is 12.3. The number of ether oxygens (including phenoxy) is 1. The molecule has 0 aliphatic carbocycles. The monoisotopic (exact) mass is 298 g/mol. The average Bonchev–Trinajstić information content (AvgIpc) is 2.93. The van der Waals surface area contributed by atoms with E-state index in [-0.39, 0.29) is 18.3 Å². The molecule has 112 valence electrons. The average molecular weight is 299 g/mol. The van der Waals surface area contributed by atoms with Crippen LogP contribution in [0, 0.1) is 5.92 Å². The molecule has 1 heterocycles. The van der Waals surface area contributed by atoms with E-state index in [2.05, 4.69) is 0 Å². The fourth-order valence-corrected chi connectivity index (χ4v) is 2.40. The molecule has 1 atom stereocenters. The molecule has 0 radical (unpaired) electrons. The van der Waals surface area contributed by atoms with Gasteiger partial charge in [0.1, 0.15) is 0 Å². The van der Waals surface area contributed by atoms with Gasteiger partial charge in [-0.1, -0.05) is 12.1 Å². The first-order chi connectivity index (χ1) is 9.24. The van der Waals surface area contributed by atoms with Crippen molar-refractivity contribution in [2.75, 3.05) is 26.3 Å². The smallest absolute Gasteiger partial charge is 0.253 e. The fourth-order valence-electron chi connectivity index (χ4n) is 2.40. The predicted octanol–water partition coefficient (Wildman–Crippen LogP) is 2.07. The summed E-state index contributed by atoms with van der Waals surface area (Å²) in [5.74, 6) is 0.592. The van der Waals surface area contributed by atoms with Gasteiger partial charge in [-0.05, 0) is 31.0 Å². The van der Waals surface area contributed by atoms with Crippen molar-refractivity contribution in [3.63, 3.8) is 0 Å². The molecule has 5 heteroatoms. The zero-order valence-electron chi connectivity index (χ0n) is 11.9. The third-order valence-corrected chi connectivity index (χ3v) is 3.57. The Balaban J connectivity index is 0.00000200. The molecule has 0 aromatic heterocycles. The first-order valence-corrected chi connectivity index (χ1v) is 6.90. The molecule has 1 aliphatic heterocycles. The molecule has 0 spiro atoms. The van der Waals surface area contributed by atoms with Crippen molar-refractivity contribution in [1.29, 1.82) is 0 Å². The van der Waals surface area contributed by atoms with Gasteiger partial charge < -0.3 is 15.4 Å². The Kier molecular flexibility index (Phi) is 6.99. The van der Waals surface area contributed by atoms with E-state index >= 15 is 0 Å². The molecule has 1 saturated heterocycles. The number of carbonyl (C=O) groups is 1. The minimum atomic E-state index is 0. The van der Waals surface area contributed by atoms with Crippen molar-refractivity contribution >= 4 is 18.3 Å². The van der Waals surface area contributed by atoms with Crippen LogP contribution in [0.2, 0.25) is 0 Å². The van der Waals surface area contributed by atoms with Crippen molar-refractivity contribution in [3.05, 3.63) is 35.4 Å². The van der Waals surface area contributed by atoms with Crippen molar-refractivity contribution in [1.82, 2.24) is 4.90 Å². The van der Waals surface area contributed by atoms with E-state index in [1.165, 1.54) is 0 Å². The van der Waals surface area contributed by atoms with E-state index in [9.17, 15) is 4.79 Å². The van der Waals surface area contributed by atoms with E-state index in [0.717, 1.165) is 43.9 Å². The molecule has 2 rings (SSSR count). The van der Waals surface area contributed by atoms with Crippen LogP contribution >= 0.6 is 12.4 Å². The van der Waals surface area contributed by atoms with Gasteiger partial charge in [0.05, 0.1) is 6.61 Å². The first kappa shape index (κ1) is 17.0. The number of halogens is 1. The molecule has 1 aliphatic rings. The largest absolute Gasteiger partial charge is 0.381 e.